The van der Waals surface area contributed by atoms with Gasteiger partial charge in [0.15, 0.2) is 17.2 Å². The lowest BCUT2D eigenvalue weighted by Gasteiger charge is -2.12. The summed E-state index contributed by atoms with van der Waals surface area (Å²) in [6.07, 6.45) is 0. The monoisotopic (exact) mass is 446 g/mol. The van der Waals surface area contributed by atoms with Crippen LogP contribution in [0.1, 0.15) is 21.9 Å². The maximum atomic E-state index is 12.6. The van der Waals surface area contributed by atoms with Crippen LogP contribution in [-0.2, 0) is 11.3 Å². The number of hydrogen-bond donors (Lipinski definition) is 0. The van der Waals surface area contributed by atoms with Crippen molar-refractivity contribution in [3.05, 3.63) is 58.5 Å². The second-order valence-electron chi connectivity index (χ2n) is 6.46. The van der Waals surface area contributed by atoms with Gasteiger partial charge in [0.25, 0.3) is 0 Å². The molecule has 0 fully saturated rings. The van der Waals surface area contributed by atoms with E-state index in [1.54, 1.807) is 17.7 Å². The number of carbonyl (C=O) groups excluding carboxylic acids is 1. The second kappa shape index (κ2) is 8.49. The van der Waals surface area contributed by atoms with Crippen molar-refractivity contribution in [1.29, 1.82) is 0 Å². The van der Waals surface area contributed by atoms with Gasteiger partial charge < -0.3 is 23.5 Å². The third kappa shape index (κ3) is 3.93. The summed E-state index contributed by atoms with van der Waals surface area (Å²) < 4.78 is 22.8. The molecule has 0 saturated carbocycles. The summed E-state index contributed by atoms with van der Waals surface area (Å²) in [4.78, 5) is 18.2. The summed E-state index contributed by atoms with van der Waals surface area (Å²) in [5, 5.41) is 1.08. The highest BCUT2D eigenvalue weighted by atomic mass is 35.5. The smallest absolute Gasteiger partial charge is 0.357 e. The molecule has 0 aliphatic carbocycles. The molecule has 7 nitrogen and oxygen atoms in total. The molecule has 2 aromatic carbocycles. The Labute approximate surface area is 182 Å². The van der Waals surface area contributed by atoms with Gasteiger partial charge in [-0.1, -0.05) is 23.4 Å². The molecule has 156 valence electrons. The Morgan fingerprint density at radius 2 is 1.90 bits per heavy atom. The number of methoxy groups -OCH3 is 2. The van der Waals surface area contributed by atoms with Crippen LogP contribution in [0.3, 0.4) is 0 Å². The molecular weight excluding hydrogens is 428 g/mol. The van der Waals surface area contributed by atoms with Crippen molar-refractivity contribution < 1.29 is 23.7 Å². The molecule has 3 aromatic rings. The summed E-state index contributed by atoms with van der Waals surface area (Å²) in [7, 11) is 2.97. The SMILES string of the molecule is COC(=O)c1c(Sc2ccc(OC)cc2)nc(C)n1Cc1cc2c(cc1Cl)OCO2. The minimum Gasteiger partial charge on any atom is -0.497 e. The first-order valence-electron chi connectivity index (χ1n) is 9.05. The van der Waals surface area contributed by atoms with E-state index in [1.807, 2.05) is 37.3 Å². The van der Waals surface area contributed by atoms with Crippen LogP contribution < -0.4 is 14.2 Å². The van der Waals surface area contributed by atoms with Gasteiger partial charge in [-0.05, 0) is 42.8 Å². The summed E-state index contributed by atoms with van der Waals surface area (Å²) in [5.41, 5.74) is 1.15. The minimum absolute atomic E-state index is 0.162. The van der Waals surface area contributed by atoms with Crippen LogP contribution in [0.25, 0.3) is 0 Å². The van der Waals surface area contributed by atoms with Gasteiger partial charge in [0.2, 0.25) is 6.79 Å². The number of imidazole rings is 1. The maximum Gasteiger partial charge on any atom is 0.357 e. The molecule has 1 aliphatic rings. The molecule has 0 saturated heterocycles. The van der Waals surface area contributed by atoms with Gasteiger partial charge in [0.05, 0.1) is 20.8 Å². The summed E-state index contributed by atoms with van der Waals surface area (Å²) in [6.45, 7) is 2.34. The first-order valence-corrected chi connectivity index (χ1v) is 10.2. The minimum atomic E-state index is -0.469. The van der Waals surface area contributed by atoms with Gasteiger partial charge in [-0.3, -0.25) is 0 Å². The molecule has 0 bridgehead atoms. The molecule has 0 spiro atoms. The highest BCUT2D eigenvalue weighted by molar-refractivity contribution is 7.99. The molecule has 0 N–H and O–H groups in total. The fraction of sp³-hybridized carbons (Fsp3) is 0.238. The number of halogens is 1. The normalized spacial score (nSPS) is 12.1. The lowest BCUT2D eigenvalue weighted by Crippen LogP contribution is -2.13. The molecule has 1 aliphatic heterocycles. The Morgan fingerprint density at radius 3 is 2.57 bits per heavy atom. The predicted molar refractivity (Wildman–Crippen MR) is 112 cm³/mol. The molecule has 1 aromatic heterocycles. The van der Waals surface area contributed by atoms with Crippen LogP contribution in [0.5, 0.6) is 17.2 Å². The first-order chi connectivity index (χ1) is 14.5. The number of nitrogens with zero attached hydrogens (tertiary/aromatic N) is 2. The van der Waals surface area contributed by atoms with Crippen LogP contribution in [-0.4, -0.2) is 36.5 Å². The van der Waals surface area contributed by atoms with E-state index in [2.05, 4.69) is 4.98 Å². The van der Waals surface area contributed by atoms with E-state index < -0.39 is 5.97 Å². The number of fused-ring (bicyclic) bond motifs is 1. The third-order valence-electron chi connectivity index (χ3n) is 4.65. The molecule has 2 heterocycles. The number of carbonyl (C=O) groups is 1. The first kappa shape index (κ1) is 20.4. The lowest BCUT2D eigenvalue weighted by atomic mass is 10.2. The van der Waals surface area contributed by atoms with E-state index in [-0.39, 0.29) is 6.79 Å². The Kier molecular flexibility index (Phi) is 5.78. The van der Waals surface area contributed by atoms with Crippen molar-refractivity contribution in [3.8, 4) is 17.2 Å². The Hall–Kier alpha value is -2.84. The van der Waals surface area contributed by atoms with Crippen molar-refractivity contribution in [3.63, 3.8) is 0 Å². The number of hydrogen-bond acceptors (Lipinski definition) is 7. The van der Waals surface area contributed by atoms with Crippen molar-refractivity contribution in [2.75, 3.05) is 21.0 Å². The summed E-state index contributed by atoms with van der Waals surface area (Å²) in [6, 6.07) is 11.1. The Bertz CT molecular complexity index is 1100. The average molecular weight is 447 g/mol. The highest BCUT2D eigenvalue weighted by Gasteiger charge is 2.25. The van der Waals surface area contributed by atoms with E-state index in [0.717, 1.165) is 16.2 Å². The van der Waals surface area contributed by atoms with E-state index in [1.165, 1.54) is 18.9 Å². The van der Waals surface area contributed by atoms with E-state index in [4.69, 9.17) is 30.5 Å². The second-order valence-corrected chi connectivity index (χ2v) is 7.93. The van der Waals surface area contributed by atoms with Crippen molar-refractivity contribution >= 4 is 29.3 Å². The van der Waals surface area contributed by atoms with Crippen molar-refractivity contribution in [2.45, 2.75) is 23.4 Å². The van der Waals surface area contributed by atoms with Crippen LogP contribution >= 0.6 is 23.4 Å². The van der Waals surface area contributed by atoms with Gasteiger partial charge in [0.1, 0.15) is 16.6 Å². The van der Waals surface area contributed by atoms with Gasteiger partial charge in [-0.2, -0.15) is 0 Å². The Balaban J connectivity index is 1.70. The van der Waals surface area contributed by atoms with Gasteiger partial charge in [0, 0.05) is 16.0 Å². The number of rotatable bonds is 6. The molecule has 0 unspecified atom stereocenters. The van der Waals surface area contributed by atoms with Gasteiger partial charge >= 0.3 is 5.97 Å². The summed E-state index contributed by atoms with van der Waals surface area (Å²) >= 11 is 7.82. The largest absolute Gasteiger partial charge is 0.497 e. The molecule has 0 atom stereocenters. The molecular formula is C21H19ClN2O5S. The topological polar surface area (TPSA) is 71.8 Å². The van der Waals surface area contributed by atoms with Crippen molar-refractivity contribution in [1.82, 2.24) is 9.55 Å². The molecule has 9 heteroatoms. The van der Waals surface area contributed by atoms with E-state index in [9.17, 15) is 4.79 Å². The number of aromatic nitrogens is 2. The zero-order chi connectivity index (χ0) is 21.3. The standard InChI is InChI=1S/C21H19ClN2O5S/c1-12-23-20(30-15-6-4-14(26-2)5-7-15)19(21(25)27-3)24(12)10-13-8-17-18(9-16(13)22)29-11-28-17/h4-9H,10-11H2,1-3H3. The fourth-order valence-corrected chi connectivity index (χ4v) is 4.28. The molecule has 0 amide bonds. The number of esters is 1. The van der Waals surface area contributed by atoms with Crippen LogP contribution in [0, 0.1) is 6.92 Å². The van der Waals surface area contributed by atoms with Crippen molar-refractivity contribution in [2.24, 2.45) is 0 Å². The van der Waals surface area contributed by atoms with Gasteiger partial charge in [-0.25, -0.2) is 9.78 Å². The molecule has 0 radical (unpaired) electrons. The fourth-order valence-electron chi connectivity index (χ4n) is 3.10. The summed E-state index contributed by atoms with van der Waals surface area (Å²) in [5.74, 6) is 2.19. The number of ether oxygens (including phenoxy) is 4. The van der Waals surface area contributed by atoms with Crippen LogP contribution in [0.15, 0.2) is 46.3 Å². The predicted octanol–water partition coefficient (Wildman–Crippen LogP) is 4.57. The van der Waals surface area contributed by atoms with Crippen LogP contribution in [0.2, 0.25) is 5.02 Å². The zero-order valence-corrected chi connectivity index (χ0v) is 18.2. The van der Waals surface area contributed by atoms with E-state index in [0.29, 0.717) is 39.6 Å². The zero-order valence-electron chi connectivity index (χ0n) is 16.6. The van der Waals surface area contributed by atoms with Gasteiger partial charge in [-0.15, -0.1) is 0 Å². The maximum absolute atomic E-state index is 12.6. The number of benzene rings is 2. The van der Waals surface area contributed by atoms with E-state index >= 15 is 0 Å². The molecule has 30 heavy (non-hydrogen) atoms. The number of aryl methyl sites for hydroxylation is 1. The third-order valence-corrected chi connectivity index (χ3v) is 5.99. The lowest BCUT2D eigenvalue weighted by molar-refractivity contribution is 0.0584. The average Bonchev–Trinajstić information content (AvgIpc) is 3.32. The quantitative estimate of drug-likeness (QED) is 0.513. The Morgan fingerprint density at radius 1 is 1.20 bits per heavy atom. The van der Waals surface area contributed by atoms with Crippen LogP contribution in [0.4, 0.5) is 0 Å². The molecule has 4 rings (SSSR count). The highest BCUT2D eigenvalue weighted by Crippen LogP contribution is 2.38.